The van der Waals surface area contributed by atoms with Gasteiger partial charge in [-0.05, 0) is 18.2 Å². The Bertz CT molecular complexity index is 697. The van der Waals surface area contributed by atoms with Crippen LogP contribution in [0.25, 0.3) is 0 Å². The Balaban J connectivity index is 2.31. The van der Waals surface area contributed by atoms with E-state index in [0.29, 0.717) is 29.4 Å². The highest BCUT2D eigenvalue weighted by Crippen LogP contribution is 2.40. The number of aryl methyl sites for hydroxylation is 1. The monoisotopic (exact) mass is 319 g/mol. The molecule has 1 aromatic heterocycles. The molecular formula is C16H21N3O4. The van der Waals surface area contributed by atoms with Gasteiger partial charge in [0.1, 0.15) is 0 Å². The van der Waals surface area contributed by atoms with Gasteiger partial charge in [0.05, 0.1) is 39.1 Å². The number of ether oxygens (including phenoxy) is 3. The molecule has 2 aromatic rings. The zero-order valence-corrected chi connectivity index (χ0v) is 14.0. The smallest absolute Gasteiger partial charge is 0.257 e. The van der Waals surface area contributed by atoms with Gasteiger partial charge in [-0.25, -0.2) is 0 Å². The number of aromatic nitrogens is 2. The number of rotatable bonds is 6. The van der Waals surface area contributed by atoms with Crippen LogP contribution in [0.4, 0.5) is 0 Å². The molecule has 0 spiro atoms. The summed E-state index contributed by atoms with van der Waals surface area (Å²) in [4.78, 5) is 14.3. The summed E-state index contributed by atoms with van der Waals surface area (Å²) in [6.07, 6.45) is 1.84. The van der Waals surface area contributed by atoms with Crippen molar-refractivity contribution in [1.29, 1.82) is 0 Å². The third-order valence-electron chi connectivity index (χ3n) is 3.45. The summed E-state index contributed by atoms with van der Waals surface area (Å²) in [5.41, 5.74) is 1.21. The highest BCUT2D eigenvalue weighted by molar-refractivity contribution is 5.98. The molecule has 0 N–H and O–H groups in total. The van der Waals surface area contributed by atoms with Crippen molar-refractivity contribution in [3.8, 4) is 17.2 Å². The fourth-order valence-corrected chi connectivity index (χ4v) is 2.34. The van der Waals surface area contributed by atoms with Crippen molar-refractivity contribution in [2.24, 2.45) is 7.05 Å². The molecule has 124 valence electrons. The minimum absolute atomic E-state index is 0.187. The average Bonchev–Trinajstić information content (AvgIpc) is 2.97. The summed E-state index contributed by atoms with van der Waals surface area (Å²) in [7, 11) is 8.08. The molecular weight excluding hydrogens is 298 g/mol. The van der Waals surface area contributed by atoms with Gasteiger partial charge in [0.2, 0.25) is 5.75 Å². The molecule has 0 bridgehead atoms. The van der Waals surface area contributed by atoms with Gasteiger partial charge < -0.3 is 19.1 Å². The number of nitrogens with zero attached hydrogens (tertiary/aromatic N) is 3. The molecule has 0 fully saturated rings. The Morgan fingerprint density at radius 2 is 1.83 bits per heavy atom. The lowest BCUT2D eigenvalue weighted by atomic mass is 10.1. The number of hydrogen-bond donors (Lipinski definition) is 0. The molecule has 0 atom stereocenters. The van der Waals surface area contributed by atoms with E-state index in [2.05, 4.69) is 5.10 Å². The first-order valence-electron chi connectivity index (χ1n) is 7.04. The molecule has 0 radical (unpaired) electrons. The first-order valence-corrected chi connectivity index (χ1v) is 7.04. The van der Waals surface area contributed by atoms with E-state index >= 15 is 0 Å². The lowest BCUT2D eigenvalue weighted by molar-refractivity contribution is 0.0779. The molecule has 7 nitrogen and oxygen atoms in total. The van der Waals surface area contributed by atoms with Gasteiger partial charge in [-0.3, -0.25) is 9.48 Å². The van der Waals surface area contributed by atoms with Crippen LogP contribution in [0.5, 0.6) is 17.2 Å². The maximum Gasteiger partial charge on any atom is 0.257 e. The number of carbonyl (C=O) groups excluding carboxylic acids is 1. The van der Waals surface area contributed by atoms with E-state index in [9.17, 15) is 4.79 Å². The molecule has 2 rings (SSSR count). The summed E-state index contributed by atoms with van der Waals surface area (Å²) in [6.45, 7) is 0.400. The SMILES string of the molecule is COc1ccc(C(=O)N(C)Cc2ccn(C)n2)c(OC)c1OC. The van der Waals surface area contributed by atoms with E-state index in [1.54, 1.807) is 28.8 Å². The van der Waals surface area contributed by atoms with Crippen molar-refractivity contribution >= 4 is 5.91 Å². The van der Waals surface area contributed by atoms with Crippen molar-refractivity contribution in [3.63, 3.8) is 0 Å². The minimum Gasteiger partial charge on any atom is -0.493 e. The molecule has 1 heterocycles. The molecule has 7 heteroatoms. The van der Waals surface area contributed by atoms with Gasteiger partial charge in [-0.2, -0.15) is 5.10 Å². The number of carbonyl (C=O) groups is 1. The Labute approximate surface area is 135 Å². The lowest BCUT2D eigenvalue weighted by Gasteiger charge is -2.20. The average molecular weight is 319 g/mol. The Morgan fingerprint density at radius 1 is 1.13 bits per heavy atom. The Hall–Kier alpha value is -2.70. The second-order valence-corrected chi connectivity index (χ2v) is 5.02. The van der Waals surface area contributed by atoms with E-state index in [4.69, 9.17) is 14.2 Å². The largest absolute Gasteiger partial charge is 0.493 e. The zero-order chi connectivity index (χ0) is 17.0. The topological polar surface area (TPSA) is 65.8 Å². The molecule has 0 aliphatic heterocycles. The van der Waals surface area contributed by atoms with Crippen molar-refractivity contribution in [2.75, 3.05) is 28.4 Å². The van der Waals surface area contributed by atoms with E-state index in [0.717, 1.165) is 5.69 Å². The summed E-state index contributed by atoms with van der Waals surface area (Å²) in [6, 6.07) is 5.22. The fourth-order valence-electron chi connectivity index (χ4n) is 2.34. The standard InChI is InChI=1S/C16H21N3O4/c1-18(10-11-8-9-19(2)17-11)16(20)12-6-7-13(21-3)15(23-5)14(12)22-4/h6-9H,10H2,1-5H3. The molecule has 1 aromatic carbocycles. The quantitative estimate of drug-likeness (QED) is 0.811. The Morgan fingerprint density at radius 3 is 2.35 bits per heavy atom. The molecule has 0 unspecified atom stereocenters. The zero-order valence-electron chi connectivity index (χ0n) is 14.0. The summed E-state index contributed by atoms with van der Waals surface area (Å²) in [5.74, 6) is 1.07. The van der Waals surface area contributed by atoms with Gasteiger partial charge in [-0.1, -0.05) is 0 Å². The predicted molar refractivity (Wildman–Crippen MR) is 85.1 cm³/mol. The third kappa shape index (κ3) is 3.39. The van der Waals surface area contributed by atoms with Gasteiger partial charge in [0.25, 0.3) is 5.91 Å². The van der Waals surface area contributed by atoms with E-state index in [1.807, 2.05) is 19.3 Å². The van der Waals surface area contributed by atoms with E-state index in [-0.39, 0.29) is 5.91 Å². The van der Waals surface area contributed by atoms with Crippen LogP contribution < -0.4 is 14.2 Å². The fraction of sp³-hybridized carbons (Fsp3) is 0.375. The molecule has 0 saturated heterocycles. The van der Waals surface area contributed by atoms with Crippen LogP contribution in [0, 0.1) is 0 Å². The van der Waals surface area contributed by atoms with Gasteiger partial charge in [0.15, 0.2) is 11.5 Å². The number of hydrogen-bond acceptors (Lipinski definition) is 5. The van der Waals surface area contributed by atoms with Crippen LogP contribution in [-0.2, 0) is 13.6 Å². The van der Waals surface area contributed by atoms with Gasteiger partial charge in [0, 0.05) is 20.3 Å². The normalized spacial score (nSPS) is 10.3. The highest BCUT2D eigenvalue weighted by Gasteiger charge is 2.23. The van der Waals surface area contributed by atoms with Crippen LogP contribution in [0.3, 0.4) is 0 Å². The predicted octanol–water partition coefficient (Wildman–Crippen LogP) is 1.72. The number of methoxy groups -OCH3 is 3. The van der Waals surface area contributed by atoms with Crippen molar-refractivity contribution in [3.05, 3.63) is 35.7 Å². The minimum atomic E-state index is -0.187. The maximum absolute atomic E-state index is 12.7. The van der Waals surface area contributed by atoms with Crippen molar-refractivity contribution in [2.45, 2.75) is 6.54 Å². The molecule has 0 aliphatic carbocycles. The molecule has 0 saturated carbocycles. The van der Waals surface area contributed by atoms with Gasteiger partial charge in [-0.15, -0.1) is 0 Å². The second-order valence-electron chi connectivity index (χ2n) is 5.02. The van der Waals surface area contributed by atoms with E-state index in [1.165, 1.54) is 21.3 Å². The first-order chi connectivity index (χ1) is 11.0. The van der Waals surface area contributed by atoms with Crippen molar-refractivity contribution in [1.82, 2.24) is 14.7 Å². The molecule has 23 heavy (non-hydrogen) atoms. The van der Waals surface area contributed by atoms with Crippen LogP contribution in [0.1, 0.15) is 16.1 Å². The second kappa shape index (κ2) is 7.04. The van der Waals surface area contributed by atoms with Crippen LogP contribution in [-0.4, -0.2) is 49.0 Å². The molecule has 1 amide bonds. The molecule has 0 aliphatic rings. The van der Waals surface area contributed by atoms with Crippen LogP contribution in [0.15, 0.2) is 24.4 Å². The summed E-state index contributed by atoms with van der Waals surface area (Å²) in [5, 5.41) is 4.28. The third-order valence-corrected chi connectivity index (χ3v) is 3.45. The first kappa shape index (κ1) is 16.7. The highest BCUT2D eigenvalue weighted by atomic mass is 16.5. The maximum atomic E-state index is 12.7. The lowest BCUT2D eigenvalue weighted by Crippen LogP contribution is -2.27. The van der Waals surface area contributed by atoms with Gasteiger partial charge >= 0.3 is 0 Å². The van der Waals surface area contributed by atoms with Crippen LogP contribution >= 0.6 is 0 Å². The van der Waals surface area contributed by atoms with E-state index < -0.39 is 0 Å². The van der Waals surface area contributed by atoms with Crippen LogP contribution in [0.2, 0.25) is 0 Å². The number of benzene rings is 1. The summed E-state index contributed by atoms with van der Waals surface area (Å²) >= 11 is 0. The number of amides is 1. The van der Waals surface area contributed by atoms with Crippen molar-refractivity contribution < 1.29 is 19.0 Å². The Kier molecular flexibility index (Phi) is 5.10. The summed E-state index contributed by atoms with van der Waals surface area (Å²) < 4.78 is 17.6.